The molecule has 1 nitrogen and oxygen atoms in total. The van der Waals surface area contributed by atoms with Gasteiger partial charge in [0.15, 0.2) is 0 Å². The number of hydrogen-bond acceptors (Lipinski definition) is 1. The molecule has 0 fully saturated rings. The molecule has 0 radical (unpaired) electrons. The van der Waals surface area contributed by atoms with E-state index in [1.165, 1.54) is 19.3 Å². The molecule has 0 aromatic heterocycles. The highest BCUT2D eigenvalue weighted by Crippen LogP contribution is 1.97. The van der Waals surface area contributed by atoms with Crippen LogP contribution in [0.25, 0.3) is 0 Å². The molecule has 1 N–H and O–H groups in total. The highest BCUT2D eigenvalue weighted by molar-refractivity contribution is 5.03. The van der Waals surface area contributed by atoms with Crippen LogP contribution in [0, 0.1) is 11.8 Å². The summed E-state index contributed by atoms with van der Waals surface area (Å²) in [5.74, 6) is 5.77. The van der Waals surface area contributed by atoms with Gasteiger partial charge in [-0.2, -0.15) is 0 Å². The van der Waals surface area contributed by atoms with Gasteiger partial charge in [-0.3, -0.25) is 0 Å². The minimum Gasteiger partial charge on any atom is -0.380 e. The van der Waals surface area contributed by atoms with E-state index in [-0.39, 0.29) is 0 Å². The summed E-state index contributed by atoms with van der Waals surface area (Å²) in [6, 6.07) is 0. The van der Waals surface area contributed by atoms with Crippen molar-refractivity contribution >= 4 is 0 Å². The van der Waals surface area contributed by atoms with Crippen molar-refractivity contribution in [2.45, 2.75) is 52.1 Å². The molecule has 1 atom stereocenters. The second-order valence-corrected chi connectivity index (χ2v) is 2.70. The number of hydrogen-bond donors (Lipinski definition) is 1. The molecule has 1 unspecified atom stereocenters. The van der Waals surface area contributed by atoms with E-state index in [0.717, 1.165) is 12.8 Å². The normalized spacial score (nSPS) is 11.9. The Hall–Kier alpha value is -0.480. The van der Waals surface area contributed by atoms with E-state index in [1.54, 1.807) is 0 Å². The topological polar surface area (TPSA) is 20.2 Å². The van der Waals surface area contributed by atoms with Crippen LogP contribution in [0.15, 0.2) is 0 Å². The third kappa shape index (κ3) is 7.42. The van der Waals surface area contributed by atoms with Gasteiger partial charge in [0.25, 0.3) is 0 Å². The number of unbranched alkanes of at least 4 members (excludes halogenated alkanes) is 3. The quantitative estimate of drug-likeness (QED) is 0.487. The van der Waals surface area contributed by atoms with Crippen molar-refractivity contribution in [2.75, 3.05) is 0 Å². The fourth-order valence-corrected chi connectivity index (χ4v) is 0.755. The van der Waals surface area contributed by atoms with Crippen LogP contribution in [0.2, 0.25) is 0 Å². The number of aliphatic hydroxyl groups is 1. The number of rotatable bonds is 4. The molecule has 0 aromatic rings. The summed E-state index contributed by atoms with van der Waals surface area (Å²) < 4.78 is 0. The molecule has 0 saturated heterocycles. The van der Waals surface area contributed by atoms with Gasteiger partial charge in [-0.05, 0) is 12.8 Å². The Morgan fingerprint density at radius 1 is 1.27 bits per heavy atom. The van der Waals surface area contributed by atoms with E-state index in [9.17, 15) is 0 Å². The lowest BCUT2D eigenvalue weighted by atomic mass is 10.2. The summed E-state index contributed by atoms with van der Waals surface area (Å²) in [4.78, 5) is 0. The Labute approximate surface area is 69.8 Å². The Bertz CT molecular complexity index is 130. The molecule has 0 saturated carbocycles. The molecule has 0 aliphatic carbocycles. The third-order valence-electron chi connectivity index (χ3n) is 1.56. The summed E-state index contributed by atoms with van der Waals surface area (Å²) >= 11 is 0. The lowest BCUT2D eigenvalue weighted by molar-refractivity contribution is 0.228. The maximum Gasteiger partial charge on any atom is 0.114 e. The predicted octanol–water partition coefficient (Wildman–Crippen LogP) is 2.34. The van der Waals surface area contributed by atoms with Crippen LogP contribution in [-0.4, -0.2) is 11.2 Å². The predicted molar refractivity (Wildman–Crippen MR) is 48.2 cm³/mol. The number of aliphatic hydroxyl groups excluding tert-OH is 1. The van der Waals surface area contributed by atoms with Crippen LogP contribution >= 0.6 is 0 Å². The Morgan fingerprint density at radius 3 is 2.55 bits per heavy atom. The fourth-order valence-electron chi connectivity index (χ4n) is 0.755. The van der Waals surface area contributed by atoms with Crippen molar-refractivity contribution in [3.05, 3.63) is 0 Å². The molecule has 64 valence electrons. The zero-order valence-electron chi connectivity index (χ0n) is 7.56. The molecule has 0 spiro atoms. The third-order valence-corrected chi connectivity index (χ3v) is 1.56. The van der Waals surface area contributed by atoms with Gasteiger partial charge in [-0.25, -0.2) is 0 Å². The molecule has 1 heteroatoms. The molecule has 0 rings (SSSR count). The largest absolute Gasteiger partial charge is 0.380 e. The Balaban J connectivity index is 3.25. The first-order chi connectivity index (χ1) is 5.31. The first-order valence-corrected chi connectivity index (χ1v) is 4.47. The molecule has 0 amide bonds. The van der Waals surface area contributed by atoms with Crippen LogP contribution in [0.5, 0.6) is 0 Å². The van der Waals surface area contributed by atoms with Crippen molar-refractivity contribution in [1.82, 2.24) is 0 Å². The monoisotopic (exact) mass is 154 g/mol. The van der Waals surface area contributed by atoms with Gasteiger partial charge in [0.05, 0.1) is 0 Å². The minimum atomic E-state index is -0.406. The fraction of sp³-hybridized carbons (Fsp3) is 0.800. The van der Waals surface area contributed by atoms with E-state index in [1.807, 2.05) is 6.92 Å². The van der Waals surface area contributed by atoms with E-state index in [4.69, 9.17) is 5.11 Å². The van der Waals surface area contributed by atoms with Gasteiger partial charge in [0.2, 0.25) is 0 Å². The average molecular weight is 154 g/mol. The van der Waals surface area contributed by atoms with Gasteiger partial charge in [-0.15, -0.1) is 5.92 Å². The average Bonchev–Trinajstić information content (AvgIpc) is 2.04. The van der Waals surface area contributed by atoms with Crippen LogP contribution in [0.1, 0.15) is 46.0 Å². The zero-order valence-corrected chi connectivity index (χ0v) is 7.56. The molecule has 0 heterocycles. The highest BCUT2D eigenvalue weighted by atomic mass is 16.3. The first kappa shape index (κ1) is 10.5. The van der Waals surface area contributed by atoms with Crippen molar-refractivity contribution in [2.24, 2.45) is 0 Å². The lowest BCUT2D eigenvalue weighted by Crippen LogP contribution is -1.98. The van der Waals surface area contributed by atoms with Crippen molar-refractivity contribution < 1.29 is 5.11 Å². The van der Waals surface area contributed by atoms with Crippen LogP contribution in [0.3, 0.4) is 0 Å². The second-order valence-electron chi connectivity index (χ2n) is 2.70. The maximum atomic E-state index is 9.04. The molecule has 0 aliphatic rings. The molecular formula is C10H18O. The Kier molecular flexibility index (Phi) is 7.29. The molecule has 11 heavy (non-hydrogen) atoms. The molecular weight excluding hydrogens is 136 g/mol. The summed E-state index contributed by atoms with van der Waals surface area (Å²) in [7, 11) is 0. The van der Waals surface area contributed by atoms with E-state index in [0.29, 0.717) is 0 Å². The van der Waals surface area contributed by atoms with Crippen LogP contribution in [-0.2, 0) is 0 Å². The SMILES string of the molecule is CCCCCC#CC(O)CC. The molecule has 0 aromatic carbocycles. The second kappa shape index (κ2) is 7.63. The highest BCUT2D eigenvalue weighted by Gasteiger charge is 1.89. The smallest absolute Gasteiger partial charge is 0.114 e. The Morgan fingerprint density at radius 2 is 2.00 bits per heavy atom. The van der Waals surface area contributed by atoms with E-state index < -0.39 is 6.10 Å². The summed E-state index contributed by atoms with van der Waals surface area (Å²) in [6.45, 7) is 4.11. The van der Waals surface area contributed by atoms with Crippen molar-refractivity contribution in [3.8, 4) is 11.8 Å². The summed E-state index contributed by atoms with van der Waals surface area (Å²) in [6.07, 6.45) is 4.91. The van der Waals surface area contributed by atoms with E-state index >= 15 is 0 Å². The zero-order chi connectivity index (χ0) is 8.53. The van der Waals surface area contributed by atoms with Gasteiger partial charge in [-0.1, -0.05) is 32.6 Å². The van der Waals surface area contributed by atoms with E-state index in [2.05, 4.69) is 18.8 Å². The van der Waals surface area contributed by atoms with Crippen molar-refractivity contribution in [1.29, 1.82) is 0 Å². The van der Waals surface area contributed by atoms with Gasteiger partial charge >= 0.3 is 0 Å². The molecule has 0 bridgehead atoms. The minimum absolute atomic E-state index is 0.406. The van der Waals surface area contributed by atoms with Gasteiger partial charge in [0, 0.05) is 6.42 Å². The van der Waals surface area contributed by atoms with Gasteiger partial charge in [0.1, 0.15) is 6.10 Å². The maximum absolute atomic E-state index is 9.04. The van der Waals surface area contributed by atoms with Crippen LogP contribution in [0.4, 0.5) is 0 Å². The van der Waals surface area contributed by atoms with Gasteiger partial charge < -0.3 is 5.11 Å². The molecule has 0 aliphatic heterocycles. The van der Waals surface area contributed by atoms with Crippen molar-refractivity contribution in [3.63, 3.8) is 0 Å². The van der Waals surface area contributed by atoms with Crippen LogP contribution < -0.4 is 0 Å². The standard InChI is InChI=1S/C10H18O/c1-3-5-6-7-8-9-10(11)4-2/h10-11H,3-7H2,1-2H3. The summed E-state index contributed by atoms with van der Waals surface area (Å²) in [5, 5.41) is 9.04. The lowest BCUT2D eigenvalue weighted by Gasteiger charge is -1.94. The first-order valence-electron chi connectivity index (χ1n) is 4.47. The summed E-state index contributed by atoms with van der Waals surface area (Å²) in [5.41, 5.74) is 0.